The van der Waals surface area contributed by atoms with Crippen LogP contribution in [0.1, 0.15) is 18.4 Å². The topological polar surface area (TPSA) is 82.0 Å². The van der Waals surface area contributed by atoms with E-state index in [4.69, 9.17) is 5.26 Å². The van der Waals surface area contributed by atoms with E-state index < -0.39 is 10.0 Å². The number of hydrogen-bond acceptors (Lipinski definition) is 4. The van der Waals surface area contributed by atoms with Gasteiger partial charge < -0.3 is 5.32 Å². The largest absolute Gasteiger partial charge is 0.313 e. The lowest BCUT2D eigenvalue weighted by Gasteiger charge is -2.14. The van der Waals surface area contributed by atoms with E-state index in [1.807, 2.05) is 6.07 Å². The summed E-state index contributed by atoms with van der Waals surface area (Å²) in [4.78, 5) is 0.191. The average molecular weight is 291 g/mol. The fourth-order valence-corrected chi connectivity index (χ4v) is 3.07. The van der Waals surface area contributed by atoms with E-state index in [1.54, 1.807) is 0 Å². The number of sulfonamides is 1. The third-order valence-electron chi connectivity index (χ3n) is 3.19. The van der Waals surface area contributed by atoms with Gasteiger partial charge in [0, 0.05) is 13.1 Å². The highest BCUT2D eigenvalue weighted by Crippen LogP contribution is 2.12. The monoisotopic (exact) mass is 291 g/mol. The summed E-state index contributed by atoms with van der Waals surface area (Å²) in [6, 6.07) is 7.87. The van der Waals surface area contributed by atoms with Gasteiger partial charge in [0.05, 0.1) is 16.5 Å². The van der Waals surface area contributed by atoms with E-state index in [2.05, 4.69) is 16.1 Å². The van der Waals surface area contributed by atoms with E-state index in [1.165, 1.54) is 29.8 Å². The lowest BCUT2D eigenvalue weighted by Crippen LogP contribution is -2.26. The van der Waals surface area contributed by atoms with Gasteiger partial charge in [0.2, 0.25) is 10.0 Å². The van der Waals surface area contributed by atoms with Gasteiger partial charge in [-0.3, -0.25) is 0 Å². The number of nitrogens with zero attached hydrogens (tertiary/aromatic N) is 1. The Morgan fingerprint density at radius 1 is 1.30 bits per heavy atom. The summed E-state index contributed by atoms with van der Waals surface area (Å²) in [6.45, 7) is 2.21. The first-order chi connectivity index (χ1) is 9.62. The predicted octanol–water partition coefficient (Wildman–Crippen LogP) is 1.15. The van der Waals surface area contributed by atoms with Crippen molar-refractivity contribution in [3.8, 4) is 6.07 Å². The van der Waals surface area contributed by atoms with Gasteiger partial charge in [0.25, 0.3) is 0 Å². The van der Waals surface area contributed by atoms with E-state index in [0.29, 0.717) is 12.1 Å². The van der Waals surface area contributed by atoms with Gasteiger partial charge in [-0.25, -0.2) is 13.1 Å². The van der Waals surface area contributed by atoms with Crippen LogP contribution in [-0.4, -0.2) is 28.1 Å². The minimum Gasteiger partial charge on any atom is -0.313 e. The van der Waals surface area contributed by atoms with Crippen molar-refractivity contribution >= 4 is 10.0 Å². The van der Waals surface area contributed by atoms with Crippen molar-refractivity contribution in [3.05, 3.63) is 41.5 Å². The molecule has 0 aliphatic carbocycles. The van der Waals surface area contributed by atoms with Gasteiger partial charge in [-0.05, 0) is 43.7 Å². The quantitative estimate of drug-likeness (QED) is 0.797. The third kappa shape index (κ3) is 3.90. The Balaban J connectivity index is 1.93. The Kier molecular flexibility index (Phi) is 4.90. The van der Waals surface area contributed by atoms with Crippen LogP contribution in [0.2, 0.25) is 0 Å². The molecular formula is C14H17N3O2S. The molecule has 1 aromatic rings. The van der Waals surface area contributed by atoms with Crippen molar-refractivity contribution in [2.24, 2.45) is 0 Å². The second kappa shape index (κ2) is 6.66. The minimum atomic E-state index is -3.49. The second-order valence-corrected chi connectivity index (χ2v) is 6.37. The van der Waals surface area contributed by atoms with Crippen LogP contribution in [0.4, 0.5) is 0 Å². The minimum absolute atomic E-state index is 0.191. The first-order valence-electron chi connectivity index (χ1n) is 6.50. The average Bonchev–Trinajstić information content (AvgIpc) is 2.48. The Morgan fingerprint density at radius 3 is 2.65 bits per heavy atom. The van der Waals surface area contributed by atoms with Crippen molar-refractivity contribution in [1.29, 1.82) is 5.26 Å². The molecule has 20 heavy (non-hydrogen) atoms. The molecule has 0 amide bonds. The molecule has 2 rings (SSSR count). The van der Waals surface area contributed by atoms with Gasteiger partial charge in [-0.2, -0.15) is 5.26 Å². The molecule has 1 aliphatic heterocycles. The van der Waals surface area contributed by atoms with Gasteiger partial charge in [-0.1, -0.05) is 11.6 Å². The van der Waals surface area contributed by atoms with Crippen LogP contribution in [0.25, 0.3) is 0 Å². The second-order valence-electron chi connectivity index (χ2n) is 4.60. The summed E-state index contributed by atoms with van der Waals surface area (Å²) in [5, 5.41) is 11.9. The van der Waals surface area contributed by atoms with E-state index in [9.17, 15) is 8.42 Å². The molecule has 0 atom stereocenters. The summed E-state index contributed by atoms with van der Waals surface area (Å²) in [5.74, 6) is 0. The zero-order valence-electron chi connectivity index (χ0n) is 11.1. The standard InChI is InChI=1S/C14H17N3O2S/c15-11-13-1-3-14(4-2-13)20(18,19)17-10-7-12-5-8-16-9-6-12/h1-5,16-17H,6-10H2. The number of hydrogen-bond donors (Lipinski definition) is 2. The van der Waals surface area contributed by atoms with Gasteiger partial charge in [0.15, 0.2) is 0 Å². The van der Waals surface area contributed by atoms with Crippen LogP contribution in [0.5, 0.6) is 0 Å². The normalized spacial score (nSPS) is 15.4. The first-order valence-corrected chi connectivity index (χ1v) is 7.98. The highest BCUT2D eigenvalue weighted by Gasteiger charge is 2.13. The van der Waals surface area contributed by atoms with Crippen LogP contribution in [0.15, 0.2) is 40.8 Å². The number of benzene rings is 1. The van der Waals surface area contributed by atoms with Crippen LogP contribution in [-0.2, 0) is 10.0 Å². The summed E-state index contributed by atoms with van der Waals surface area (Å²) in [6.07, 6.45) is 3.81. The van der Waals surface area contributed by atoms with Crippen LogP contribution in [0, 0.1) is 11.3 Å². The maximum absolute atomic E-state index is 12.0. The molecular weight excluding hydrogens is 274 g/mol. The maximum atomic E-state index is 12.0. The van der Waals surface area contributed by atoms with Gasteiger partial charge in [0.1, 0.15) is 0 Å². The zero-order valence-corrected chi connectivity index (χ0v) is 11.9. The maximum Gasteiger partial charge on any atom is 0.240 e. The summed E-state index contributed by atoms with van der Waals surface area (Å²) >= 11 is 0. The summed E-state index contributed by atoms with van der Waals surface area (Å²) < 4.78 is 26.7. The fourth-order valence-electron chi connectivity index (χ4n) is 2.03. The number of nitriles is 1. The molecule has 2 N–H and O–H groups in total. The molecule has 1 heterocycles. The van der Waals surface area contributed by atoms with Crippen molar-refractivity contribution in [2.45, 2.75) is 17.7 Å². The van der Waals surface area contributed by atoms with Gasteiger partial charge in [-0.15, -0.1) is 0 Å². The smallest absolute Gasteiger partial charge is 0.240 e. The Labute approximate surface area is 119 Å². The van der Waals surface area contributed by atoms with E-state index >= 15 is 0 Å². The van der Waals surface area contributed by atoms with Crippen molar-refractivity contribution in [1.82, 2.24) is 10.0 Å². The first kappa shape index (κ1) is 14.7. The molecule has 0 radical (unpaired) electrons. The molecule has 0 saturated heterocycles. The summed E-state index contributed by atoms with van der Waals surface area (Å²) in [5.41, 5.74) is 1.73. The molecule has 1 aromatic carbocycles. The van der Waals surface area contributed by atoms with Crippen molar-refractivity contribution in [2.75, 3.05) is 19.6 Å². The number of rotatable bonds is 5. The molecule has 1 aliphatic rings. The molecule has 0 bridgehead atoms. The summed E-state index contributed by atoms with van der Waals surface area (Å²) in [7, 11) is -3.49. The molecule has 0 unspecified atom stereocenters. The predicted molar refractivity (Wildman–Crippen MR) is 76.5 cm³/mol. The van der Waals surface area contributed by atoms with Crippen LogP contribution in [0.3, 0.4) is 0 Å². The lowest BCUT2D eigenvalue weighted by molar-refractivity contribution is 0.580. The Bertz CT molecular complexity index is 627. The molecule has 0 aromatic heterocycles. The van der Waals surface area contributed by atoms with Crippen LogP contribution < -0.4 is 10.0 Å². The fraction of sp³-hybridized carbons (Fsp3) is 0.357. The highest BCUT2D eigenvalue weighted by atomic mass is 32.2. The van der Waals surface area contributed by atoms with Crippen molar-refractivity contribution in [3.63, 3.8) is 0 Å². The molecule has 0 fully saturated rings. The Morgan fingerprint density at radius 2 is 2.05 bits per heavy atom. The van der Waals surface area contributed by atoms with Gasteiger partial charge >= 0.3 is 0 Å². The van der Waals surface area contributed by atoms with E-state index in [-0.39, 0.29) is 4.90 Å². The third-order valence-corrected chi connectivity index (χ3v) is 4.67. The highest BCUT2D eigenvalue weighted by molar-refractivity contribution is 7.89. The Hall–Kier alpha value is -1.68. The molecule has 5 nitrogen and oxygen atoms in total. The lowest BCUT2D eigenvalue weighted by atomic mass is 10.1. The molecule has 106 valence electrons. The van der Waals surface area contributed by atoms with Crippen molar-refractivity contribution < 1.29 is 8.42 Å². The molecule has 0 spiro atoms. The SMILES string of the molecule is N#Cc1ccc(S(=O)(=O)NCCC2=CCNCC2)cc1. The molecule has 0 saturated carbocycles. The van der Waals surface area contributed by atoms with E-state index in [0.717, 1.165) is 25.9 Å². The van der Waals surface area contributed by atoms with Crippen LogP contribution >= 0.6 is 0 Å². The molecule has 6 heteroatoms. The number of nitrogens with one attached hydrogen (secondary N) is 2. The zero-order chi connectivity index (χ0) is 14.4.